The normalized spacial score (nSPS) is 21.7. The number of imidazole rings is 1. The largest absolute Gasteiger partial charge is 0.387 e. The van der Waals surface area contributed by atoms with Gasteiger partial charge in [0.2, 0.25) is 0 Å². The maximum Gasteiger partial charge on any atom is 0.319 e. The number of nitrogen functional groups attached to an aromatic ring is 1. The average molecular weight is 513 g/mol. The summed E-state index contributed by atoms with van der Waals surface area (Å²) >= 11 is 0. The van der Waals surface area contributed by atoms with Crippen LogP contribution in [0.4, 0.5) is 16.3 Å². The minimum Gasteiger partial charge on any atom is -0.387 e. The summed E-state index contributed by atoms with van der Waals surface area (Å²) < 4.78 is 7.66. The van der Waals surface area contributed by atoms with E-state index in [1.165, 1.54) is 12.7 Å². The first-order chi connectivity index (χ1) is 17.8. The Morgan fingerprint density at radius 1 is 1.24 bits per heavy atom. The maximum atomic E-state index is 12.3. The molecule has 1 aromatic carbocycles. The summed E-state index contributed by atoms with van der Waals surface area (Å²) in [5.41, 5.74) is 8.63. The van der Waals surface area contributed by atoms with E-state index in [-0.39, 0.29) is 17.9 Å². The molecule has 0 saturated carbocycles. The fraction of sp³-hybridized carbons (Fsp3) is 0.520. The van der Waals surface area contributed by atoms with Crippen LogP contribution >= 0.6 is 0 Å². The highest BCUT2D eigenvalue weighted by molar-refractivity contribution is 5.89. The number of aliphatic hydroxyl groups excluding tert-OH is 2. The lowest BCUT2D eigenvalue weighted by atomic mass is 10.1. The van der Waals surface area contributed by atoms with Crippen molar-refractivity contribution in [1.29, 1.82) is 0 Å². The van der Waals surface area contributed by atoms with Crippen molar-refractivity contribution in [2.45, 2.75) is 64.2 Å². The second-order valence-corrected chi connectivity index (χ2v) is 9.51. The van der Waals surface area contributed by atoms with Crippen LogP contribution in [-0.2, 0) is 11.2 Å². The monoisotopic (exact) mass is 512 g/mol. The fourth-order valence-corrected chi connectivity index (χ4v) is 4.49. The Morgan fingerprint density at radius 2 is 2.05 bits per heavy atom. The first kappa shape index (κ1) is 26.7. The molecule has 0 aliphatic carbocycles. The molecule has 12 heteroatoms. The Hall–Kier alpha value is -3.32. The molecule has 2 amide bonds. The highest BCUT2D eigenvalue weighted by atomic mass is 16.6. The molecule has 1 saturated heterocycles. The van der Waals surface area contributed by atoms with Gasteiger partial charge < -0.3 is 31.3 Å². The van der Waals surface area contributed by atoms with Gasteiger partial charge in [-0.05, 0) is 44.4 Å². The van der Waals surface area contributed by atoms with E-state index in [1.807, 2.05) is 24.3 Å². The Bertz CT molecular complexity index is 1200. The molecule has 1 fully saturated rings. The van der Waals surface area contributed by atoms with Gasteiger partial charge in [-0.1, -0.05) is 19.1 Å². The van der Waals surface area contributed by atoms with Gasteiger partial charge in [0, 0.05) is 31.4 Å². The van der Waals surface area contributed by atoms with Crippen LogP contribution in [0.2, 0.25) is 0 Å². The van der Waals surface area contributed by atoms with Crippen molar-refractivity contribution in [3.8, 4) is 0 Å². The Kier molecular flexibility index (Phi) is 8.54. The van der Waals surface area contributed by atoms with E-state index in [9.17, 15) is 15.0 Å². The predicted molar refractivity (Wildman–Crippen MR) is 140 cm³/mol. The van der Waals surface area contributed by atoms with Crippen molar-refractivity contribution in [3.63, 3.8) is 0 Å². The zero-order chi connectivity index (χ0) is 26.5. The van der Waals surface area contributed by atoms with Gasteiger partial charge in [0.25, 0.3) is 0 Å². The number of ether oxygens (including phenoxy) is 1. The van der Waals surface area contributed by atoms with Crippen molar-refractivity contribution in [3.05, 3.63) is 42.5 Å². The molecular formula is C25H36N8O4. The summed E-state index contributed by atoms with van der Waals surface area (Å²) in [5, 5.41) is 27.2. The van der Waals surface area contributed by atoms with Gasteiger partial charge in [0.15, 0.2) is 17.7 Å². The molecule has 6 N–H and O–H groups in total. The second-order valence-electron chi connectivity index (χ2n) is 9.51. The van der Waals surface area contributed by atoms with Crippen LogP contribution in [0.5, 0.6) is 0 Å². The van der Waals surface area contributed by atoms with Crippen LogP contribution < -0.4 is 16.4 Å². The molecule has 0 spiro atoms. The van der Waals surface area contributed by atoms with Crippen molar-refractivity contribution in [2.24, 2.45) is 0 Å². The lowest BCUT2D eigenvalue weighted by molar-refractivity contribution is -0.0468. The number of aryl methyl sites for hydroxylation is 1. The summed E-state index contributed by atoms with van der Waals surface area (Å²) in [6.45, 7) is 7.75. The maximum absolute atomic E-state index is 12.3. The number of aromatic nitrogens is 4. The zero-order valence-electron chi connectivity index (χ0n) is 21.4. The van der Waals surface area contributed by atoms with Gasteiger partial charge >= 0.3 is 6.03 Å². The van der Waals surface area contributed by atoms with Crippen LogP contribution in [0.1, 0.15) is 39.0 Å². The fourth-order valence-electron chi connectivity index (χ4n) is 4.49. The summed E-state index contributed by atoms with van der Waals surface area (Å²) in [4.78, 5) is 26.8. The third kappa shape index (κ3) is 6.16. The number of nitrogens with one attached hydrogen (secondary N) is 2. The number of carbonyl (C=O) groups excluding carboxylic acids is 1. The van der Waals surface area contributed by atoms with Gasteiger partial charge in [-0.2, -0.15) is 0 Å². The van der Waals surface area contributed by atoms with E-state index >= 15 is 0 Å². The number of carbonyl (C=O) groups is 1. The summed E-state index contributed by atoms with van der Waals surface area (Å²) in [5.74, 6) is 0.232. The van der Waals surface area contributed by atoms with Gasteiger partial charge in [0.1, 0.15) is 30.2 Å². The predicted octanol–water partition coefficient (Wildman–Crippen LogP) is 1.51. The first-order valence-corrected chi connectivity index (χ1v) is 12.6. The molecule has 37 heavy (non-hydrogen) atoms. The molecular weight excluding hydrogens is 476 g/mol. The topological polar surface area (TPSA) is 164 Å². The molecule has 1 unspecified atom stereocenters. The first-order valence-electron chi connectivity index (χ1n) is 12.6. The van der Waals surface area contributed by atoms with Crippen molar-refractivity contribution >= 4 is 28.7 Å². The number of hydrogen-bond acceptors (Lipinski definition) is 9. The molecule has 4 atom stereocenters. The third-order valence-corrected chi connectivity index (χ3v) is 6.64. The minimum absolute atomic E-state index is 0.166. The summed E-state index contributed by atoms with van der Waals surface area (Å²) in [6.07, 6.45) is 0.677. The average Bonchev–Trinajstić information content (AvgIpc) is 3.43. The standard InChI is InChI=1S/C25H36N8O4/c1-4-16-7-5-8-17(11-16)31-25(36)27-9-6-10-32(15(2)3)12-18-20(34)21(35)24(37-18)33-14-30-19-22(26)28-13-29-23(19)33/h5,7-8,11,13-15,18,20-21,24,34-35H,4,6,9-10,12H2,1-3H3,(H2,26,28,29)(H2,27,31,36)/t18-,20-,21-,24?/m1/s1. The van der Waals surface area contributed by atoms with Crippen LogP contribution in [-0.4, -0.2) is 84.7 Å². The second kappa shape index (κ2) is 11.8. The molecule has 4 rings (SSSR count). The lowest BCUT2D eigenvalue weighted by Crippen LogP contribution is -2.44. The number of rotatable bonds is 10. The highest BCUT2D eigenvalue weighted by Crippen LogP contribution is 2.32. The molecule has 2 aromatic heterocycles. The molecule has 200 valence electrons. The highest BCUT2D eigenvalue weighted by Gasteiger charge is 2.45. The molecule has 0 bridgehead atoms. The minimum atomic E-state index is -1.16. The number of anilines is 2. The van der Waals surface area contributed by atoms with E-state index in [0.29, 0.717) is 37.2 Å². The smallest absolute Gasteiger partial charge is 0.319 e. The van der Waals surface area contributed by atoms with Crippen molar-refractivity contribution in [2.75, 3.05) is 30.7 Å². The van der Waals surface area contributed by atoms with E-state index in [4.69, 9.17) is 10.5 Å². The zero-order valence-corrected chi connectivity index (χ0v) is 21.4. The number of amides is 2. The number of nitrogens with two attached hydrogens (primary N) is 1. The van der Waals surface area contributed by atoms with Crippen molar-refractivity contribution in [1.82, 2.24) is 29.7 Å². The van der Waals surface area contributed by atoms with E-state index in [1.54, 1.807) is 4.57 Å². The van der Waals surface area contributed by atoms with E-state index in [0.717, 1.165) is 17.7 Å². The summed E-state index contributed by atoms with van der Waals surface area (Å²) in [7, 11) is 0. The number of hydrogen-bond donors (Lipinski definition) is 5. The molecule has 3 aromatic rings. The van der Waals surface area contributed by atoms with Crippen LogP contribution in [0.25, 0.3) is 11.2 Å². The van der Waals surface area contributed by atoms with Crippen molar-refractivity contribution < 1.29 is 19.7 Å². The number of nitrogens with zero attached hydrogens (tertiary/aromatic N) is 5. The molecule has 12 nitrogen and oxygen atoms in total. The molecule has 1 aliphatic heterocycles. The van der Waals surface area contributed by atoms with Crippen LogP contribution in [0, 0.1) is 0 Å². The van der Waals surface area contributed by atoms with E-state index < -0.39 is 24.5 Å². The van der Waals surface area contributed by atoms with E-state index in [2.05, 4.69) is 51.3 Å². The number of benzene rings is 1. The third-order valence-electron chi connectivity index (χ3n) is 6.64. The number of urea groups is 1. The summed E-state index contributed by atoms with van der Waals surface area (Å²) in [6, 6.07) is 7.69. The van der Waals surface area contributed by atoms with Crippen LogP contribution in [0.15, 0.2) is 36.9 Å². The Morgan fingerprint density at radius 3 is 2.81 bits per heavy atom. The lowest BCUT2D eigenvalue weighted by Gasteiger charge is -2.30. The Labute approximate surface area is 215 Å². The SMILES string of the molecule is CCc1cccc(NC(=O)NCCCN(C[C@H]2OC(n3cnc4c(N)ncnc43)[C@H](O)[C@@H]2O)C(C)C)c1. The molecule has 3 heterocycles. The number of aliphatic hydroxyl groups is 2. The van der Waals surface area contributed by atoms with Gasteiger partial charge in [-0.15, -0.1) is 0 Å². The quantitative estimate of drug-likeness (QED) is 0.253. The van der Waals surface area contributed by atoms with Gasteiger partial charge in [-0.3, -0.25) is 9.47 Å². The molecule has 1 aliphatic rings. The van der Waals surface area contributed by atoms with Gasteiger partial charge in [-0.25, -0.2) is 19.7 Å². The van der Waals surface area contributed by atoms with Crippen LogP contribution in [0.3, 0.4) is 0 Å². The molecule has 0 radical (unpaired) electrons. The van der Waals surface area contributed by atoms with Gasteiger partial charge in [0.05, 0.1) is 6.33 Å². The Balaban J connectivity index is 1.29. The number of fused-ring (bicyclic) bond motifs is 1.